The Balaban J connectivity index is 2.70. The SMILES string of the molecule is C=CCC(C(=O)OC)(c1ccccc1F)N(C)c1ccccc1. The summed E-state index contributed by atoms with van der Waals surface area (Å²) in [5.74, 6) is -0.989. The summed E-state index contributed by atoms with van der Waals surface area (Å²) in [7, 11) is 3.06. The van der Waals surface area contributed by atoms with Gasteiger partial charge in [0.1, 0.15) is 5.82 Å². The topological polar surface area (TPSA) is 29.5 Å². The second-order valence-electron chi connectivity index (χ2n) is 5.22. The summed E-state index contributed by atoms with van der Waals surface area (Å²) < 4.78 is 19.5. The number of para-hydroxylation sites is 1. The number of hydrogen-bond donors (Lipinski definition) is 0. The van der Waals surface area contributed by atoms with E-state index in [1.807, 2.05) is 30.3 Å². The molecule has 1 unspecified atom stereocenters. The molecule has 0 spiro atoms. The second-order valence-corrected chi connectivity index (χ2v) is 5.22. The average molecular weight is 313 g/mol. The van der Waals surface area contributed by atoms with Crippen LogP contribution in [0.3, 0.4) is 0 Å². The number of anilines is 1. The lowest BCUT2D eigenvalue weighted by Crippen LogP contribution is -2.51. The fourth-order valence-corrected chi connectivity index (χ4v) is 2.80. The van der Waals surface area contributed by atoms with Gasteiger partial charge in [-0.25, -0.2) is 9.18 Å². The van der Waals surface area contributed by atoms with E-state index in [0.29, 0.717) is 0 Å². The standard InChI is InChI=1S/C19H20FNO2/c1-4-14-19(18(22)23-3,16-12-8-9-13-17(16)20)21(2)15-10-6-5-7-11-15/h4-13H,1,14H2,2-3H3. The number of halogens is 1. The summed E-state index contributed by atoms with van der Waals surface area (Å²) >= 11 is 0. The lowest BCUT2D eigenvalue weighted by molar-refractivity contribution is -0.147. The van der Waals surface area contributed by atoms with E-state index < -0.39 is 17.3 Å². The Morgan fingerprint density at radius 1 is 1.22 bits per heavy atom. The third-order valence-electron chi connectivity index (χ3n) is 4.00. The predicted octanol–water partition coefficient (Wildman–Crippen LogP) is 3.91. The Kier molecular flexibility index (Phi) is 5.16. The number of ether oxygens (including phenoxy) is 1. The van der Waals surface area contributed by atoms with E-state index in [0.717, 1.165) is 5.69 Å². The van der Waals surface area contributed by atoms with Gasteiger partial charge in [-0.15, -0.1) is 6.58 Å². The first kappa shape index (κ1) is 16.7. The fraction of sp³-hybridized carbons (Fsp3) is 0.211. The van der Waals surface area contributed by atoms with E-state index in [1.165, 1.54) is 13.2 Å². The van der Waals surface area contributed by atoms with Crippen molar-refractivity contribution in [2.45, 2.75) is 12.0 Å². The number of benzene rings is 2. The van der Waals surface area contributed by atoms with E-state index in [2.05, 4.69) is 6.58 Å². The van der Waals surface area contributed by atoms with Crippen LogP contribution in [0.2, 0.25) is 0 Å². The monoisotopic (exact) mass is 313 g/mol. The van der Waals surface area contributed by atoms with Gasteiger partial charge in [0, 0.05) is 24.7 Å². The maximum atomic E-state index is 14.5. The van der Waals surface area contributed by atoms with Crippen LogP contribution in [-0.4, -0.2) is 20.1 Å². The molecule has 0 aliphatic carbocycles. The maximum Gasteiger partial charge on any atom is 0.336 e. The van der Waals surface area contributed by atoms with Crippen LogP contribution in [0.5, 0.6) is 0 Å². The molecule has 1 atom stereocenters. The highest BCUT2D eigenvalue weighted by Gasteiger charge is 2.46. The number of rotatable bonds is 6. The Morgan fingerprint density at radius 2 is 1.83 bits per heavy atom. The molecule has 0 saturated carbocycles. The van der Waals surface area contributed by atoms with Crippen molar-refractivity contribution in [3.63, 3.8) is 0 Å². The van der Waals surface area contributed by atoms with Crippen LogP contribution >= 0.6 is 0 Å². The minimum atomic E-state index is -1.32. The van der Waals surface area contributed by atoms with Gasteiger partial charge in [-0.1, -0.05) is 42.5 Å². The normalized spacial score (nSPS) is 13.0. The van der Waals surface area contributed by atoms with E-state index in [-0.39, 0.29) is 12.0 Å². The van der Waals surface area contributed by atoms with Crippen molar-refractivity contribution in [1.82, 2.24) is 0 Å². The summed E-state index contributed by atoms with van der Waals surface area (Å²) in [4.78, 5) is 14.4. The molecule has 23 heavy (non-hydrogen) atoms. The number of carbonyl (C=O) groups is 1. The molecule has 0 bridgehead atoms. The molecule has 0 N–H and O–H groups in total. The minimum absolute atomic E-state index is 0.214. The highest BCUT2D eigenvalue weighted by molar-refractivity contribution is 5.87. The van der Waals surface area contributed by atoms with Crippen LogP contribution < -0.4 is 4.90 Å². The number of hydrogen-bond acceptors (Lipinski definition) is 3. The smallest absolute Gasteiger partial charge is 0.336 e. The molecule has 0 saturated heterocycles. The Hall–Kier alpha value is -2.62. The van der Waals surface area contributed by atoms with Crippen LogP contribution in [0, 0.1) is 5.82 Å². The molecule has 0 fully saturated rings. The molecular formula is C19H20FNO2. The van der Waals surface area contributed by atoms with Crippen molar-refractivity contribution < 1.29 is 13.9 Å². The molecule has 0 aliphatic heterocycles. The van der Waals surface area contributed by atoms with Gasteiger partial charge in [-0.05, 0) is 18.2 Å². The molecular weight excluding hydrogens is 293 g/mol. The molecule has 4 heteroatoms. The quantitative estimate of drug-likeness (QED) is 0.598. The fourth-order valence-electron chi connectivity index (χ4n) is 2.80. The number of methoxy groups -OCH3 is 1. The Labute approximate surface area is 136 Å². The zero-order chi connectivity index (χ0) is 16.9. The number of nitrogens with zero attached hydrogens (tertiary/aromatic N) is 1. The molecule has 2 aromatic rings. The second kappa shape index (κ2) is 7.09. The average Bonchev–Trinajstić information content (AvgIpc) is 2.60. The van der Waals surface area contributed by atoms with E-state index >= 15 is 0 Å². The summed E-state index contributed by atoms with van der Waals surface area (Å²) in [5, 5.41) is 0. The highest BCUT2D eigenvalue weighted by Crippen LogP contribution is 2.37. The van der Waals surface area contributed by atoms with Crippen LogP contribution in [0.4, 0.5) is 10.1 Å². The van der Waals surface area contributed by atoms with Gasteiger partial charge in [0.25, 0.3) is 0 Å². The van der Waals surface area contributed by atoms with Crippen molar-refractivity contribution in [1.29, 1.82) is 0 Å². The van der Waals surface area contributed by atoms with Crippen molar-refractivity contribution in [3.05, 3.63) is 78.6 Å². The third kappa shape index (κ3) is 2.97. The van der Waals surface area contributed by atoms with Gasteiger partial charge >= 0.3 is 5.97 Å². The lowest BCUT2D eigenvalue weighted by atomic mass is 9.84. The lowest BCUT2D eigenvalue weighted by Gasteiger charge is -2.40. The molecule has 0 heterocycles. The van der Waals surface area contributed by atoms with Crippen molar-refractivity contribution in [3.8, 4) is 0 Å². The summed E-state index contributed by atoms with van der Waals surface area (Å²) in [6, 6.07) is 15.6. The summed E-state index contributed by atoms with van der Waals surface area (Å²) in [5.41, 5.74) is -0.274. The van der Waals surface area contributed by atoms with Gasteiger partial charge < -0.3 is 9.64 Å². The van der Waals surface area contributed by atoms with Crippen molar-refractivity contribution >= 4 is 11.7 Å². The molecule has 120 valence electrons. The first-order chi connectivity index (χ1) is 11.1. The molecule has 2 rings (SSSR count). The zero-order valence-corrected chi connectivity index (χ0v) is 13.3. The summed E-state index contributed by atoms with van der Waals surface area (Å²) in [6.45, 7) is 3.74. The molecule has 2 aromatic carbocycles. The van der Waals surface area contributed by atoms with Gasteiger partial charge in [-0.3, -0.25) is 0 Å². The Morgan fingerprint density at radius 3 is 2.39 bits per heavy atom. The third-order valence-corrected chi connectivity index (χ3v) is 4.00. The molecule has 0 amide bonds. The van der Waals surface area contributed by atoms with Crippen LogP contribution in [-0.2, 0) is 15.1 Å². The molecule has 0 aromatic heterocycles. The Bertz CT molecular complexity index is 687. The first-order valence-electron chi connectivity index (χ1n) is 7.31. The van der Waals surface area contributed by atoms with E-state index in [1.54, 1.807) is 36.2 Å². The van der Waals surface area contributed by atoms with E-state index in [9.17, 15) is 9.18 Å². The number of likely N-dealkylation sites (N-methyl/N-ethyl adjacent to an activating group) is 1. The first-order valence-corrected chi connectivity index (χ1v) is 7.31. The van der Waals surface area contributed by atoms with Gasteiger partial charge in [-0.2, -0.15) is 0 Å². The van der Waals surface area contributed by atoms with Gasteiger partial charge in [0.2, 0.25) is 0 Å². The minimum Gasteiger partial charge on any atom is -0.467 e. The van der Waals surface area contributed by atoms with Crippen LogP contribution in [0.1, 0.15) is 12.0 Å². The van der Waals surface area contributed by atoms with Gasteiger partial charge in [0.15, 0.2) is 5.54 Å². The van der Waals surface area contributed by atoms with Crippen LogP contribution in [0.25, 0.3) is 0 Å². The highest BCUT2D eigenvalue weighted by atomic mass is 19.1. The van der Waals surface area contributed by atoms with E-state index in [4.69, 9.17) is 4.74 Å². The number of carbonyl (C=O) groups excluding carboxylic acids is 1. The molecule has 3 nitrogen and oxygen atoms in total. The zero-order valence-electron chi connectivity index (χ0n) is 13.3. The van der Waals surface area contributed by atoms with Gasteiger partial charge in [0.05, 0.1) is 7.11 Å². The summed E-state index contributed by atoms with van der Waals surface area (Å²) in [6.07, 6.45) is 1.81. The predicted molar refractivity (Wildman–Crippen MR) is 89.8 cm³/mol. The molecule has 0 radical (unpaired) electrons. The van der Waals surface area contributed by atoms with Crippen LogP contribution in [0.15, 0.2) is 67.3 Å². The van der Waals surface area contributed by atoms with Crippen molar-refractivity contribution in [2.75, 3.05) is 19.1 Å². The maximum absolute atomic E-state index is 14.5. The van der Waals surface area contributed by atoms with Crippen molar-refractivity contribution in [2.24, 2.45) is 0 Å². The number of esters is 1. The molecule has 0 aliphatic rings. The largest absolute Gasteiger partial charge is 0.467 e.